The van der Waals surface area contributed by atoms with E-state index in [1.54, 1.807) is 12.1 Å². The maximum absolute atomic E-state index is 12.9. The summed E-state index contributed by atoms with van der Waals surface area (Å²) in [7, 11) is -3.50. The van der Waals surface area contributed by atoms with E-state index in [9.17, 15) is 17.6 Å². The van der Waals surface area contributed by atoms with E-state index >= 15 is 0 Å². The second-order valence-electron chi connectivity index (χ2n) is 7.21. The second-order valence-corrected chi connectivity index (χ2v) is 9.30. The first kappa shape index (κ1) is 22.9. The van der Waals surface area contributed by atoms with Crippen LogP contribution < -0.4 is 15.4 Å². The van der Waals surface area contributed by atoms with Gasteiger partial charge in [-0.25, -0.2) is 22.6 Å². The second kappa shape index (κ2) is 10.0. The van der Waals surface area contributed by atoms with Gasteiger partial charge < -0.3 is 20.1 Å². The molecule has 3 rings (SSSR count). The number of halogens is 1. The molecule has 1 aliphatic heterocycles. The summed E-state index contributed by atoms with van der Waals surface area (Å²) in [4.78, 5) is 16.1. The number of ether oxygens (including phenoxy) is 2. The normalized spacial score (nSPS) is 19.6. The van der Waals surface area contributed by atoms with Crippen LogP contribution in [0.3, 0.4) is 0 Å². The average molecular weight is 453 g/mol. The van der Waals surface area contributed by atoms with Crippen LogP contribution in [0.25, 0.3) is 0 Å². The molecule has 1 saturated heterocycles. The highest BCUT2D eigenvalue weighted by atomic mass is 32.2. The Morgan fingerprint density at radius 1 is 1.19 bits per heavy atom. The van der Waals surface area contributed by atoms with Crippen molar-refractivity contribution in [3.63, 3.8) is 0 Å². The fraction of sp³-hybridized carbons (Fsp3) is 0.400. The molecule has 0 saturated carbocycles. The van der Waals surface area contributed by atoms with Crippen LogP contribution in [-0.4, -0.2) is 61.3 Å². The Hall–Kier alpha value is -2.76. The van der Waals surface area contributed by atoms with E-state index in [0.717, 1.165) is 0 Å². The fourth-order valence-corrected chi connectivity index (χ4v) is 4.59. The molecule has 1 aromatic carbocycles. The van der Waals surface area contributed by atoms with Crippen LogP contribution in [-0.2, 0) is 14.8 Å². The summed E-state index contributed by atoms with van der Waals surface area (Å²) in [6, 6.07) is 8.08. The summed E-state index contributed by atoms with van der Waals surface area (Å²) in [5.41, 5.74) is 0.405. The molecular weight excluding hydrogens is 427 g/mol. The number of hydrogen-bond donors (Lipinski definition) is 2. The molecule has 31 heavy (non-hydrogen) atoms. The minimum absolute atomic E-state index is 0.0343. The maximum atomic E-state index is 12.9. The molecular formula is C20H25FN4O5S. The van der Waals surface area contributed by atoms with Crippen molar-refractivity contribution in [1.82, 2.24) is 14.6 Å². The van der Waals surface area contributed by atoms with Crippen LogP contribution in [0.1, 0.15) is 13.8 Å². The number of amides is 2. The number of nitrogens with one attached hydrogen (secondary N) is 2. The molecule has 1 fully saturated rings. The minimum atomic E-state index is -3.50. The van der Waals surface area contributed by atoms with Crippen molar-refractivity contribution in [3.05, 3.63) is 48.4 Å². The van der Waals surface area contributed by atoms with Gasteiger partial charge in [0, 0.05) is 25.7 Å². The van der Waals surface area contributed by atoms with Gasteiger partial charge >= 0.3 is 6.03 Å². The smallest absolute Gasteiger partial charge is 0.319 e. The van der Waals surface area contributed by atoms with Crippen molar-refractivity contribution in [2.24, 2.45) is 0 Å². The number of pyridine rings is 1. The number of morpholine rings is 1. The lowest BCUT2D eigenvalue weighted by Gasteiger charge is -2.34. The van der Waals surface area contributed by atoms with Crippen LogP contribution in [0.5, 0.6) is 11.6 Å². The first-order valence-electron chi connectivity index (χ1n) is 9.79. The molecule has 0 radical (unpaired) electrons. The molecule has 0 spiro atoms. The number of aromatic nitrogens is 1. The summed E-state index contributed by atoms with van der Waals surface area (Å²) >= 11 is 0. The molecule has 2 N–H and O–H groups in total. The van der Waals surface area contributed by atoms with E-state index in [1.165, 1.54) is 34.8 Å². The summed E-state index contributed by atoms with van der Waals surface area (Å²) in [6.45, 7) is 4.23. The van der Waals surface area contributed by atoms with Crippen molar-refractivity contribution < 1.29 is 27.1 Å². The van der Waals surface area contributed by atoms with Crippen molar-refractivity contribution in [3.8, 4) is 11.6 Å². The first-order valence-corrected chi connectivity index (χ1v) is 11.4. The molecule has 0 bridgehead atoms. The highest BCUT2D eigenvalue weighted by Crippen LogP contribution is 2.20. The zero-order valence-electron chi connectivity index (χ0n) is 17.2. The number of benzene rings is 1. The van der Waals surface area contributed by atoms with Gasteiger partial charge in [-0.15, -0.1) is 0 Å². The zero-order chi connectivity index (χ0) is 22.4. The van der Waals surface area contributed by atoms with Gasteiger partial charge in [0.25, 0.3) is 0 Å². The minimum Gasteiger partial charge on any atom is -0.439 e. The Kier molecular flexibility index (Phi) is 7.42. The summed E-state index contributed by atoms with van der Waals surface area (Å²) < 4.78 is 50.3. The molecule has 1 aliphatic rings. The largest absolute Gasteiger partial charge is 0.439 e. The number of hydrogen-bond acceptors (Lipinski definition) is 6. The lowest BCUT2D eigenvalue weighted by Crippen LogP contribution is -2.49. The fourth-order valence-electron chi connectivity index (χ4n) is 3.09. The van der Waals surface area contributed by atoms with Gasteiger partial charge in [-0.3, -0.25) is 0 Å². The van der Waals surface area contributed by atoms with E-state index in [4.69, 9.17) is 9.47 Å². The molecule has 2 unspecified atom stereocenters. The Labute approximate surface area is 180 Å². The molecule has 0 aliphatic carbocycles. The molecule has 2 atom stereocenters. The Bertz CT molecular complexity index is 976. The predicted molar refractivity (Wildman–Crippen MR) is 113 cm³/mol. The van der Waals surface area contributed by atoms with E-state index in [0.29, 0.717) is 24.5 Å². The summed E-state index contributed by atoms with van der Waals surface area (Å²) in [6.07, 6.45) is 1.06. The Morgan fingerprint density at radius 2 is 1.87 bits per heavy atom. The van der Waals surface area contributed by atoms with Crippen LogP contribution in [0.2, 0.25) is 0 Å². The third kappa shape index (κ3) is 6.88. The maximum Gasteiger partial charge on any atom is 0.319 e. The number of sulfonamides is 1. The van der Waals surface area contributed by atoms with Gasteiger partial charge in [0.15, 0.2) is 0 Å². The number of carbonyl (C=O) groups is 1. The highest BCUT2D eigenvalue weighted by molar-refractivity contribution is 7.89. The number of rotatable bonds is 7. The number of anilines is 1. The monoisotopic (exact) mass is 452 g/mol. The van der Waals surface area contributed by atoms with Crippen LogP contribution in [0, 0.1) is 5.82 Å². The zero-order valence-corrected chi connectivity index (χ0v) is 18.1. The predicted octanol–water partition coefficient (Wildman–Crippen LogP) is 2.57. The van der Waals surface area contributed by atoms with Gasteiger partial charge in [0.2, 0.25) is 15.9 Å². The van der Waals surface area contributed by atoms with Crippen LogP contribution >= 0.6 is 0 Å². The van der Waals surface area contributed by atoms with E-state index in [-0.39, 0.29) is 36.2 Å². The van der Waals surface area contributed by atoms with Gasteiger partial charge in [0.05, 0.1) is 29.8 Å². The van der Waals surface area contributed by atoms with Crippen LogP contribution in [0.15, 0.2) is 42.6 Å². The van der Waals surface area contributed by atoms with E-state index in [1.807, 2.05) is 13.8 Å². The highest BCUT2D eigenvalue weighted by Gasteiger charge is 2.30. The molecule has 1 aromatic heterocycles. The lowest BCUT2D eigenvalue weighted by molar-refractivity contribution is -0.0440. The molecule has 168 valence electrons. The van der Waals surface area contributed by atoms with E-state index in [2.05, 4.69) is 15.6 Å². The molecule has 2 amide bonds. The van der Waals surface area contributed by atoms with Crippen LogP contribution in [0.4, 0.5) is 14.9 Å². The van der Waals surface area contributed by atoms with E-state index < -0.39 is 16.1 Å². The number of nitrogens with zero attached hydrogens (tertiary/aromatic N) is 2. The standard InChI is InChI=1S/C20H25FN4O5S/c1-14-12-25(13-15(2)29-14)31(27,28)10-9-22-20(26)24-17-5-8-19(23-11-17)30-18-6-3-16(21)4-7-18/h3-8,11,14-15H,9-10,12-13H2,1-2H3,(H2,22,24,26). The molecule has 2 aromatic rings. The van der Waals surface area contributed by atoms with Gasteiger partial charge in [-0.05, 0) is 44.2 Å². The summed E-state index contributed by atoms with van der Waals surface area (Å²) in [5, 5.41) is 5.10. The molecule has 11 heteroatoms. The third-order valence-electron chi connectivity index (χ3n) is 4.46. The van der Waals surface area contributed by atoms with Gasteiger partial charge in [-0.2, -0.15) is 4.31 Å². The van der Waals surface area contributed by atoms with Crippen molar-refractivity contribution in [2.75, 3.05) is 30.7 Å². The Balaban J connectivity index is 1.44. The SMILES string of the molecule is CC1CN(S(=O)(=O)CCNC(=O)Nc2ccc(Oc3ccc(F)cc3)nc2)CC(C)O1. The lowest BCUT2D eigenvalue weighted by atomic mass is 10.3. The van der Waals surface area contributed by atoms with Crippen molar-refractivity contribution >= 4 is 21.7 Å². The first-order chi connectivity index (χ1) is 14.7. The van der Waals surface area contributed by atoms with Gasteiger partial charge in [-0.1, -0.05) is 0 Å². The third-order valence-corrected chi connectivity index (χ3v) is 6.26. The van der Waals surface area contributed by atoms with Crippen molar-refractivity contribution in [2.45, 2.75) is 26.1 Å². The molecule has 2 heterocycles. The quantitative estimate of drug-likeness (QED) is 0.668. The summed E-state index contributed by atoms with van der Waals surface area (Å²) in [5.74, 6) is 0.130. The van der Waals surface area contributed by atoms with Gasteiger partial charge in [0.1, 0.15) is 11.6 Å². The molecule has 9 nitrogen and oxygen atoms in total. The Morgan fingerprint density at radius 3 is 2.48 bits per heavy atom. The average Bonchev–Trinajstić information content (AvgIpc) is 2.70. The topological polar surface area (TPSA) is 110 Å². The van der Waals surface area contributed by atoms with Crippen molar-refractivity contribution in [1.29, 1.82) is 0 Å². The number of carbonyl (C=O) groups excluding carboxylic acids is 1. The number of urea groups is 1.